The van der Waals surface area contributed by atoms with Gasteiger partial charge in [-0.3, -0.25) is 9.00 Å². The van der Waals surface area contributed by atoms with Gasteiger partial charge in [0.2, 0.25) is 5.91 Å². The summed E-state index contributed by atoms with van der Waals surface area (Å²) in [4.78, 5) is 11.1. The van der Waals surface area contributed by atoms with Crippen molar-refractivity contribution in [2.24, 2.45) is 5.92 Å². The van der Waals surface area contributed by atoms with Crippen LogP contribution in [0.15, 0.2) is 0 Å². The monoisotopic (exact) mass is 175 g/mol. The summed E-state index contributed by atoms with van der Waals surface area (Å²) in [5, 5.41) is 2.61. The third-order valence-electron chi connectivity index (χ3n) is 2.01. The zero-order valence-electron chi connectivity index (χ0n) is 6.63. The van der Waals surface area contributed by atoms with E-state index in [0.29, 0.717) is 11.5 Å². The SMILES string of the molecule is CNC(=O)C1CCS(=O)CC1. The van der Waals surface area contributed by atoms with Crippen molar-refractivity contribution in [3.63, 3.8) is 0 Å². The Labute approximate surface area is 69.0 Å². The Morgan fingerprint density at radius 2 is 2.00 bits per heavy atom. The Morgan fingerprint density at radius 1 is 1.45 bits per heavy atom. The van der Waals surface area contributed by atoms with E-state index in [9.17, 15) is 9.00 Å². The first kappa shape index (κ1) is 8.71. The fraction of sp³-hybridized carbons (Fsp3) is 0.857. The van der Waals surface area contributed by atoms with E-state index in [2.05, 4.69) is 5.32 Å². The van der Waals surface area contributed by atoms with Crippen LogP contribution >= 0.6 is 0 Å². The number of hydrogen-bond acceptors (Lipinski definition) is 2. The van der Waals surface area contributed by atoms with Gasteiger partial charge >= 0.3 is 0 Å². The summed E-state index contributed by atoms with van der Waals surface area (Å²) in [6.07, 6.45) is 1.57. The van der Waals surface area contributed by atoms with Gasteiger partial charge in [-0.25, -0.2) is 0 Å². The topological polar surface area (TPSA) is 46.2 Å². The summed E-state index contributed by atoms with van der Waals surface area (Å²) < 4.78 is 10.9. The molecule has 0 saturated carbocycles. The van der Waals surface area contributed by atoms with Gasteiger partial charge in [0.1, 0.15) is 0 Å². The fourth-order valence-electron chi connectivity index (χ4n) is 1.26. The first-order valence-corrected chi connectivity index (χ1v) is 5.29. The van der Waals surface area contributed by atoms with Crippen molar-refractivity contribution in [3.05, 3.63) is 0 Å². The van der Waals surface area contributed by atoms with Gasteiger partial charge in [0.15, 0.2) is 0 Å². The average Bonchev–Trinajstić information content (AvgIpc) is 2.05. The number of rotatable bonds is 1. The Morgan fingerprint density at radius 3 is 2.45 bits per heavy atom. The highest BCUT2D eigenvalue weighted by Gasteiger charge is 2.22. The normalized spacial score (nSPS) is 31.4. The van der Waals surface area contributed by atoms with Gasteiger partial charge in [-0.15, -0.1) is 0 Å². The number of carbonyl (C=O) groups excluding carboxylic acids is 1. The molecule has 1 aliphatic heterocycles. The van der Waals surface area contributed by atoms with Gasteiger partial charge in [-0.1, -0.05) is 0 Å². The Balaban J connectivity index is 2.39. The van der Waals surface area contributed by atoms with Crippen molar-refractivity contribution in [1.29, 1.82) is 0 Å². The first-order chi connectivity index (χ1) is 5.24. The van der Waals surface area contributed by atoms with E-state index >= 15 is 0 Å². The van der Waals surface area contributed by atoms with Crippen LogP contribution in [-0.2, 0) is 15.6 Å². The molecule has 1 amide bonds. The highest BCUT2D eigenvalue weighted by molar-refractivity contribution is 7.85. The van der Waals surface area contributed by atoms with Crippen LogP contribution in [0.25, 0.3) is 0 Å². The maximum atomic E-state index is 11.1. The molecule has 1 heterocycles. The van der Waals surface area contributed by atoms with Crippen LogP contribution in [0.3, 0.4) is 0 Å². The zero-order chi connectivity index (χ0) is 8.27. The lowest BCUT2D eigenvalue weighted by molar-refractivity contribution is -0.124. The minimum absolute atomic E-state index is 0.0988. The van der Waals surface area contributed by atoms with Gasteiger partial charge in [0.25, 0.3) is 0 Å². The van der Waals surface area contributed by atoms with Crippen LogP contribution in [0, 0.1) is 5.92 Å². The summed E-state index contributed by atoms with van der Waals surface area (Å²) in [6.45, 7) is 0. The second-order valence-corrected chi connectivity index (χ2v) is 4.43. The Hall–Kier alpha value is -0.380. The molecule has 0 bridgehead atoms. The van der Waals surface area contributed by atoms with E-state index in [4.69, 9.17) is 0 Å². The number of carbonyl (C=O) groups is 1. The average molecular weight is 175 g/mol. The smallest absolute Gasteiger partial charge is 0.222 e. The maximum Gasteiger partial charge on any atom is 0.222 e. The molecular formula is C7H13NO2S. The second kappa shape index (κ2) is 3.85. The molecule has 0 aromatic carbocycles. The summed E-state index contributed by atoms with van der Waals surface area (Å²) in [7, 11) is 0.987. The molecule has 3 nitrogen and oxygen atoms in total. The Kier molecular flexibility index (Phi) is 3.05. The summed E-state index contributed by atoms with van der Waals surface area (Å²) in [5.74, 6) is 1.59. The lowest BCUT2D eigenvalue weighted by atomic mass is 10.0. The molecule has 11 heavy (non-hydrogen) atoms. The molecule has 1 rings (SSSR count). The Bertz CT molecular complexity index is 171. The molecule has 1 saturated heterocycles. The lowest BCUT2D eigenvalue weighted by Crippen LogP contribution is -2.32. The molecule has 0 unspecified atom stereocenters. The van der Waals surface area contributed by atoms with Crippen LogP contribution in [-0.4, -0.2) is 28.7 Å². The van der Waals surface area contributed by atoms with E-state index in [0.717, 1.165) is 12.8 Å². The van der Waals surface area contributed by atoms with E-state index in [1.165, 1.54) is 0 Å². The van der Waals surface area contributed by atoms with Crippen molar-refractivity contribution >= 4 is 16.7 Å². The summed E-state index contributed by atoms with van der Waals surface area (Å²) in [5.41, 5.74) is 0. The molecule has 0 aromatic rings. The van der Waals surface area contributed by atoms with Crippen molar-refractivity contribution < 1.29 is 9.00 Å². The molecule has 0 atom stereocenters. The molecule has 0 spiro atoms. The van der Waals surface area contributed by atoms with Crippen LogP contribution in [0.2, 0.25) is 0 Å². The molecule has 1 N–H and O–H groups in total. The molecule has 0 aromatic heterocycles. The van der Waals surface area contributed by atoms with E-state index in [-0.39, 0.29) is 11.8 Å². The van der Waals surface area contributed by atoms with Crippen LogP contribution < -0.4 is 5.32 Å². The highest BCUT2D eigenvalue weighted by atomic mass is 32.2. The van der Waals surface area contributed by atoms with Crippen molar-refractivity contribution in [1.82, 2.24) is 5.32 Å². The van der Waals surface area contributed by atoms with E-state index in [1.54, 1.807) is 7.05 Å². The van der Waals surface area contributed by atoms with Crippen LogP contribution in [0.5, 0.6) is 0 Å². The fourth-order valence-corrected chi connectivity index (χ4v) is 2.56. The molecule has 4 heteroatoms. The molecule has 0 radical (unpaired) electrons. The van der Waals surface area contributed by atoms with Crippen molar-refractivity contribution in [2.75, 3.05) is 18.6 Å². The standard InChI is InChI=1S/C7H13NO2S/c1-8-7(9)6-2-4-11(10)5-3-6/h6H,2-5H2,1H3,(H,8,9). The second-order valence-electron chi connectivity index (χ2n) is 2.74. The quantitative estimate of drug-likeness (QED) is 0.604. The zero-order valence-corrected chi connectivity index (χ0v) is 7.45. The number of amides is 1. The predicted molar refractivity (Wildman–Crippen MR) is 44.7 cm³/mol. The van der Waals surface area contributed by atoms with E-state index in [1.807, 2.05) is 0 Å². The van der Waals surface area contributed by atoms with Gasteiger partial charge in [0.05, 0.1) is 0 Å². The first-order valence-electron chi connectivity index (χ1n) is 3.80. The van der Waals surface area contributed by atoms with Crippen LogP contribution in [0.1, 0.15) is 12.8 Å². The van der Waals surface area contributed by atoms with Gasteiger partial charge in [-0.05, 0) is 12.8 Å². The maximum absolute atomic E-state index is 11.1. The van der Waals surface area contributed by atoms with Gasteiger partial charge in [-0.2, -0.15) is 0 Å². The highest BCUT2D eigenvalue weighted by Crippen LogP contribution is 2.16. The predicted octanol–water partition coefficient (Wildman–Crippen LogP) is -0.109. The molecular weight excluding hydrogens is 162 g/mol. The lowest BCUT2D eigenvalue weighted by Gasteiger charge is -2.19. The third kappa shape index (κ3) is 2.29. The van der Waals surface area contributed by atoms with Gasteiger partial charge < -0.3 is 5.32 Å². The number of hydrogen-bond donors (Lipinski definition) is 1. The van der Waals surface area contributed by atoms with Crippen molar-refractivity contribution in [3.8, 4) is 0 Å². The van der Waals surface area contributed by atoms with Gasteiger partial charge in [0, 0.05) is 35.3 Å². The van der Waals surface area contributed by atoms with E-state index < -0.39 is 10.8 Å². The largest absolute Gasteiger partial charge is 0.359 e. The minimum atomic E-state index is -0.659. The minimum Gasteiger partial charge on any atom is -0.359 e. The third-order valence-corrected chi connectivity index (χ3v) is 3.39. The molecule has 0 aliphatic carbocycles. The molecule has 1 fully saturated rings. The summed E-state index contributed by atoms with van der Waals surface area (Å²) >= 11 is 0. The van der Waals surface area contributed by atoms with Crippen LogP contribution in [0.4, 0.5) is 0 Å². The number of nitrogens with one attached hydrogen (secondary N) is 1. The molecule has 1 aliphatic rings. The van der Waals surface area contributed by atoms with Crippen molar-refractivity contribution in [2.45, 2.75) is 12.8 Å². The summed E-state index contributed by atoms with van der Waals surface area (Å²) in [6, 6.07) is 0. The molecule has 64 valence electrons.